The lowest BCUT2D eigenvalue weighted by atomic mass is 10.2. The minimum atomic E-state index is -0.524. The van der Waals surface area contributed by atoms with Crippen LogP contribution in [0.4, 0.5) is 0 Å². The smallest absolute Gasteiger partial charge is 0.329 e. The molecule has 0 unspecified atom stereocenters. The third kappa shape index (κ3) is 3.44. The molecule has 8 nitrogen and oxygen atoms in total. The molecular formula is C18H20N4O4. The third-order valence-corrected chi connectivity index (χ3v) is 4.13. The van der Waals surface area contributed by atoms with Crippen LogP contribution >= 0.6 is 0 Å². The summed E-state index contributed by atoms with van der Waals surface area (Å²) in [4.78, 5) is 42.7. The first-order valence-corrected chi connectivity index (χ1v) is 8.39. The van der Waals surface area contributed by atoms with E-state index >= 15 is 0 Å². The number of aryl methyl sites for hydroxylation is 2. The van der Waals surface area contributed by atoms with Crippen LogP contribution in [-0.2, 0) is 29.5 Å². The average Bonchev–Trinajstić information content (AvgIpc) is 2.98. The number of ether oxygens (including phenoxy) is 1. The summed E-state index contributed by atoms with van der Waals surface area (Å²) < 4.78 is 8.01. The number of nitrogens with zero attached hydrogens (tertiary/aromatic N) is 3. The van der Waals surface area contributed by atoms with E-state index in [-0.39, 0.29) is 12.4 Å². The summed E-state index contributed by atoms with van der Waals surface area (Å²) in [7, 11) is 1.55. The van der Waals surface area contributed by atoms with Crippen LogP contribution in [0, 0.1) is 0 Å². The van der Waals surface area contributed by atoms with Gasteiger partial charge in [-0.25, -0.2) is 9.78 Å². The number of aromatic nitrogens is 4. The topological polar surface area (TPSA) is 99.0 Å². The van der Waals surface area contributed by atoms with Crippen molar-refractivity contribution in [3.8, 4) is 0 Å². The normalized spacial score (nSPS) is 11.0. The van der Waals surface area contributed by atoms with E-state index in [1.807, 2.05) is 30.3 Å². The number of benzene rings is 1. The Labute approximate surface area is 149 Å². The Kier molecular flexibility index (Phi) is 5.01. The first kappa shape index (κ1) is 17.7. The molecule has 0 atom stereocenters. The molecule has 8 heteroatoms. The quantitative estimate of drug-likeness (QED) is 0.664. The average molecular weight is 356 g/mol. The third-order valence-electron chi connectivity index (χ3n) is 4.13. The largest absolute Gasteiger partial charge is 0.466 e. The highest BCUT2D eigenvalue weighted by molar-refractivity contribution is 5.72. The monoisotopic (exact) mass is 356 g/mol. The molecule has 0 aliphatic carbocycles. The van der Waals surface area contributed by atoms with E-state index in [4.69, 9.17) is 4.74 Å². The second-order valence-corrected chi connectivity index (χ2v) is 5.90. The molecule has 0 spiro atoms. The Bertz CT molecular complexity index is 1050. The molecule has 26 heavy (non-hydrogen) atoms. The number of hydrogen-bond donors (Lipinski definition) is 1. The minimum Gasteiger partial charge on any atom is -0.466 e. The summed E-state index contributed by atoms with van der Waals surface area (Å²) in [5.74, 6) is 0.234. The second kappa shape index (κ2) is 7.38. The molecule has 0 fully saturated rings. The van der Waals surface area contributed by atoms with E-state index in [9.17, 15) is 14.4 Å². The number of aromatic amines is 1. The van der Waals surface area contributed by atoms with Crippen LogP contribution in [0.2, 0.25) is 0 Å². The molecule has 1 aromatic carbocycles. The number of imidazole rings is 1. The number of rotatable bonds is 6. The molecule has 0 bridgehead atoms. The van der Waals surface area contributed by atoms with Gasteiger partial charge in [-0.05, 0) is 12.5 Å². The molecule has 0 radical (unpaired) electrons. The summed E-state index contributed by atoms with van der Waals surface area (Å²) in [6.45, 7) is 2.47. The predicted molar refractivity (Wildman–Crippen MR) is 96.1 cm³/mol. The van der Waals surface area contributed by atoms with Gasteiger partial charge in [0.05, 0.1) is 13.0 Å². The van der Waals surface area contributed by atoms with Gasteiger partial charge in [0, 0.05) is 20.0 Å². The van der Waals surface area contributed by atoms with Crippen molar-refractivity contribution in [1.29, 1.82) is 0 Å². The summed E-state index contributed by atoms with van der Waals surface area (Å²) >= 11 is 0. The Balaban J connectivity index is 2.09. The molecule has 0 saturated carbocycles. The lowest BCUT2D eigenvalue weighted by Gasteiger charge is -2.09. The van der Waals surface area contributed by atoms with Crippen molar-refractivity contribution in [3.05, 3.63) is 62.6 Å². The van der Waals surface area contributed by atoms with Crippen molar-refractivity contribution in [2.75, 3.05) is 6.61 Å². The molecule has 0 amide bonds. The zero-order chi connectivity index (χ0) is 18.7. The first-order chi connectivity index (χ1) is 12.5. The highest BCUT2D eigenvalue weighted by Gasteiger charge is 2.18. The van der Waals surface area contributed by atoms with Crippen LogP contribution in [0.25, 0.3) is 11.2 Å². The van der Waals surface area contributed by atoms with Crippen LogP contribution in [0.1, 0.15) is 24.7 Å². The highest BCUT2D eigenvalue weighted by atomic mass is 16.5. The number of carbonyl (C=O) groups excluding carboxylic acids is 1. The van der Waals surface area contributed by atoms with Gasteiger partial charge in [-0.2, -0.15) is 0 Å². The van der Waals surface area contributed by atoms with Crippen LogP contribution in [0.3, 0.4) is 0 Å². The van der Waals surface area contributed by atoms with E-state index in [0.717, 1.165) is 5.56 Å². The fourth-order valence-electron chi connectivity index (χ4n) is 2.85. The Hall–Kier alpha value is -3.16. The minimum absolute atomic E-state index is 0.151. The number of fused-ring (bicyclic) bond motifs is 1. The van der Waals surface area contributed by atoms with Crippen LogP contribution in [0.5, 0.6) is 0 Å². The van der Waals surface area contributed by atoms with Crippen LogP contribution in [-0.4, -0.2) is 31.7 Å². The van der Waals surface area contributed by atoms with Gasteiger partial charge in [0.25, 0.3) is 5.56 Å². The Morgan fingerprint density at radius 3 is 2.65 bits per heavy atom. The van der Waals surface area contributed by atoms with Crippen molar-refractivity contribution in [2.45, 2.75) is 26.3 Å². The highest BCUT2D eigenvalue weighted by Crippen LogP contribution is 2.15. The van der Waals surface area contributed by atoms with Gasteiger partial charge in [-0.3, -0.25) is 19.1 Å². The summed E-state index contributed by atoms with van der Waals surface area (Å²) in [6.07, 6.45) is 0.464. The maximum Gasteiger partial charge on any atom is 0.329 e. The zero-order valence-corrected chi connectivity index (χ0v) is 14.7. The van der Waals surface area contributed by atoms with Crippen molar-refractivity contribution < 1.29 is 9.53 Å². The molecule has 2 aromatic heterocycles. The molecule has 136 valence electrons. The Morgan fingerprint density at radius 1 is 1.23 bits per heavy atom. The van der Waals surface area contributed by atoms with Gasteiger partial charge in [-0.1, -0.05) is 30.3 Å². The van der Waals surface area contributed by atoms with E-state index in [0.29, 0.717) is 36.6 Å². The van der Waals surface area contributed by atoms with Crippen LogP contribution in [0.15, 0.2) is 39.9 Å². The molecule has 1 N–H and O–H groups in total. The molecular weight excluding hydrogens is 336 g/mol. The van der Waals surface area contributed by atoms with Gasteiger partial charge < -0.3 is 9.30 Å². The van der Waals surface area contributed by atoms with Crippen molar-refractivity contribution in [3.63, 3.8) is 0 Å². The van der Waals surface area contributed by atoms with Crippen LogP contribution < -0.4 is 11.2 Å². The molecule has 0 aliphatic heterocycles. The maximum absolute atomic E-state index is 12.4. The number of H-pyrrole nitrogens is 1. The summed E-state index contributed by atoms with van der Waals surface area (Å²) in [5.41, 5.74) is 0.582. The fourth-order valence-corrected chi connectivity index (χ4v) is 2.85. The van der Waals surface area contributed by atoms with Gasteiger partial charge in [0.2, 0.25) is 0 Å². The van der Waals surface area contributed by atoms with Crippen molar-refractivity contribution in [2.24, 2.45) is 7.05 Å². The first-order valence-electron chi connectivity index (χ1n) is 8.39. The molecule has 3 rings (SSSR count). The molecule has 0 saturated heterocycles. The van der Waals surface area contributed by atoms with Crippen molar-refractivity contribution in [1.82, 2.24) is 19.1 Å². The van der Waals surface area contributed by atoms with Crippen molar-refractivity contribution >= 4 is 17.1 Å². The molecule has 0 aliphatic rings. The lowest BCUT2D eigenvalue weighted by Crippen LogP contribution is -2.29. The second-order valence-electron chi connectivity index (χ2n) is 5.90. The number of esters is 1. The standard InChI is InChI=1S/C18H20N4O4/c1-3-26-14(23)10-9-13-19-16-15(17(24)20-18(25)21(16)2)22(13)11-12-7-5-4-6-8-12/h4-8H,3,9-11H2,1-2H3,(H,20,24,25). The zero-order valence-electron chi connectivity index (χ0n) is 14.7. The fraction of sp³-hybridized carbons (Fsp3) is 0.333. The van der Waals surface area contributed by atoms with E-state index in [1.165, 1.54) is 4.57 Å². The number of hydrogen-bond acceptors (Lipinski definition) is 5. The number of carbonyl (C=O) groups is 1. The van der Waals surface area contributed by atoms with Gasteiger partial charge >= 0.3 is 11.7 Å². The van der Waals surface area contributed by atoms with Gasteiger partial charge in [0.1, 0.15) is 5.82 Å². The van der Waals surface area contributed by atoms with E-state index < -0.39 is 11.2 Å². The van der Waals surface area contributed by atoms with E-state index in [2.05, 4.69) is 9.97 Å². The predicted octanol–water partition coefficient (Wildman–Crippen LogP) is 0.967. The summed E-state index contributed by atoms with van der Waals surface area (Å²) in [5, 5.41) is 0. The van der Waals surface area contributed by atoms with Gasteiger partial charge in [0.15, 0.2) is 11.2 Å². The Morgan fingerprint density at radius 2 is 1.96 bits per heavy atom. The molecule has 2 heterocycles. The SMILES string of the molecule is CCOC(=O)CCc1nc2c(c(=O)[nH]c(=O)n2C)n1Cc1ccccc1. The number of nitrogens with one attached hydrogen (secondary N) is 1. The van der Waals surface area contributed by atoms with E-state index in [1.54, 1.807) is 18.5 Å². The molecule has 3 aromatic rings. The lowest BCUT2D eigenvalue weighted by molar-refractivity contribution is -0.143. The van der Waals surface area contributed by atoms with Gasteiger partial charge in [-0.15, -0.1) is 0 Å². The maximum atomic E-state index is 12.4. The summed E-state index contributed by atoms with van der Waals surface area (Å²) in [6, 6.07) is 9.61.